The van der Waals surface area contributed by atoms with E-state index in [4.69, 9.17) is 10.1 Å². The maximum absolute atomic E-state index is 13.4. The molecule has 4 heterocycles. The van der Waals surface area contributed by atoms with Crippen molar-refractivity contribution < 1.29 is 4.79 Å². The molecule has 0 aliphatic carbocycles. The smallest absolute Gasteiger partial charge is 0.244 e. The van der Waals surface area contributed by atoms with E-state index in [-0.39, 0.29) is 12.5 Å². The van der Waals surface area contributed by atoms with Gasteiger partial charge in [0.1, 0.15) is 6.54 Å². The zero-order valence-electron chi connectivity index (χ0n) is 22.9. The fourth-order valence-corrected chi connectivity index (χ4v) is 5.53. The first-order valence-corrected chi connectivity index (χ1v) is 14.3. The van der Waals surface area contributed by atoms with E-state index >= 15 is 0 Å². The average Bonchev–Trinajstić information content (AvgIpc) is 3.26. The first kappa shape index (κ1) is 26.1. The van der Waals surface area contributed by atoms with Gasteiger partial charge >= 0.3 is 0 Å². The van der Waals surface area contributed by atoms with Gasteiger partial charge in [0.05, 0.1) is 0 Å². The molecule has 0 spiro atoms. The summed E-state index contributed by atoms with van der Waals surface area (Å²) >= 11 is 0. The Balaban J connectivity index is 1.18. The predicted octanol–water partition coefficient (Wildman–Crippen LogP) is 4.13. The Morgan fingerprint density at radius 3 is 2.12 bits per heavy atom. The Kier molecular flexibility index (Phi) is 8.09. The number of nitrogens with zero attached hydrogens (tertiary/aromatic N) is 8. The highest BCUT2D eigenvalue weighted by atomic mass is 16.2. The highest BCUT2D eigenvalue weighted by Gasteiger charge is 2.24. The second-order valence-corrected chi connectivity index (χ2v) is 10.6. The number of carbonyl (C=O) groups is 1. The van der Waals surface area contributed by atoms with Gasteiger partial charge in [-0.05, 0) is 37.6 Å². The van der Waals surface area contributed by atoms with Crippen LogP contribution in [0.5, 0.6) is 0 Å². The molecule has 2 fully saturated rings. The summed E-state index contributed by atoms with van der Waals surface area (Å²) in [7, 11) is 0. The highest BCUT2D eigenvalue weighted by molar-refractivity contribution is 5.77. The molecule has 2 aromatic carbocycles. The molecule has 9 nitrogen and oxygen atoms in total. The summed E-state index contributed by atoms with van der Waals surface area (Å²) in [6, 6.07) is 20.4. The molecule has 0 N–H and O–H groups in total. The van der Waals surface area contributed by atoms with Crippen LogP contribution in [-0.4, -0.2) is 79.7 Å². The number of aromatic nitrogens is 5. The van der Waals surface area contributed by atoms with Gasteiger partial charge in [-0.25, -0.2) is 19.6 Å². The summed E-state index contributed by atoms with van der Waals surface area (Å²) < 4.78 is 1.77. The van der Waals surface area contributed by atoms with E-state index in [0.717, 1.165) is 17.7 Å². The predicted molar refractivity (Wildman–Crippen MR) is 155 cm³/mol. The third kappa shape index (κ3) is 6.20. The van der Waals surface area contributed by atoms with Crippen LogP contribution in [0, 0.1) is 0 Å². The SMILES string of the molecule is O=C(Cn1nc(-c2ccccc2)nc1-c1ccc(CN2CCCCCC2)cc1)N1CCN(c2ncccn2)CC1. The van der Waals surface area contributed by atoms with Crippen molar-refractivity contribution in [2.75, 3.05) is 44.2 Å². The Morgan fingerprint density at radius 1 is 0.725 bits per heavy atom. The van der Waals surface area contributed by atoms with E-state index in [9.17, 15) is 4.79 Å². The Bertz CT molecular complexity index is 1370. The van der Waals surface area contributed by atoms with E-state index in [1.165, 1.54) is 44.3 Å². The van der Waals surface area contributed by atoms with Crippen molar-refractivity contribution in [3.8, 4) is 22.8 Å². The summed E-state index contributed by atoms with van der Waals surface area (Å²) in [5.41, 5.74) is 3.20. The minimum Gasteiger partial charge on any atom is -0.338 e. The molecule has 0 saturated carbocycles. The average molecular weight is 537 g/mol. The van der Waals surface area contributed by atoms with Gasteiger partial charge in [-0.3, -0.25) is 9.69 Å². The number of carbonyl (C=O) groups excluding carboxylic acids is 1. The van der Waals surface area contributed by atoms with Crippen molar-refractivity contribution in [2.45, 2.75) is 38.8 Å². The normalized spacial score (nSPS) is 16.6. The molecule has 2 saturated heterocycles. The van der Waals surface area contributed by atoms with Crippen LogP contribution < -0.4 is 4.90 Å². The number of amides is 1. The van der Waals surface area contributed by atoms with E-state index in [1.807, 2.05) is 41.3 Å². The standard InChI is InChI=1S/C31H36N8O/c40-28(37-19-21-38(22-20-37)31-32-15-8-16-33-31)24-39-30(34-29(35-39)26-9-4-3-5-10-26)27-13-11-25(12-14-27)23-36-17-6-1-2-7-18-36/h3-5,8-16H,1-2,6-7,17-24H2. The highest BCUT2D eigenvalue weighted by Crippen LogP contribution is 2.24. The quantitative estimate of drug-likeness (QED) is 0.351. The third-order valence-electron chi connectivity index (χ3n) is 7.77. The van der Waals surface area contributed by atoms with Gasteiger partial charge in [0, 0.05) is 56.2 Å². The maximum Gasteiger partial charge on any atom is 0.244 e. The second kappa shape index (κ2) is 12.4. The maximum atomic E-state index is 13.4. The molecule has 4 aromatic rings. The Labute approximate surface area is 235 Å². The summed E-state index contributed by atoms with van der Waals surface area (Å²) in [4.78, 5) is 33.6. The summed E-state index contributed by atoms with van der Waals surface area (Å²) in [6.07, 6.45) is 8.74. The van der Waals surface area contributed by atoms with Crippen molar-refractivity contribution in [2.24, 2.45) is 0 Å². The van der Waals surface area contributed by atoms with Crippen LogP contribution in [0.2, 0.25) is 0 Å². The Hall–Kier alpha value is -4.11. The van der Waals surface area contributed by atoms with E-state index in [2.05, 4.69) is 44.0 Å². The molecule has 0 bridgehead atoms. The topological polar surface area (TPSA) is 83.3 Å². The fraction of sp³-hybridized carbons (Fsp3) is 0.387. The van der Waals surface area contributed by atoms with Gasteiger partial charge in [-0.1, -0.05) is 67.4 Å². The van der Waals surface area contributed by atoms with Crippen molar-refractivity contribution in [1.82, 2.24) is 34.5 Å². The number of hydrogen-bond donors (Lipinski definition) is 0. The number of anilines is 1. The molecule has 2 aliphatic rings. The van der Waals surface area contributed by atoms with Crippen LogP contribution in [0.1, 0.15) is 31.2 Å². The molecule has 2 aromatic heterocycles. The van der Waals surface area contributed by atoms with Crippen LogP contribution in [-0.2, 0) is 17.9 Å². The molecule has 40 heavy (non-hydrogen) atoms. The van der Waals surface area contributed by atoms with Crippen molar-refractivity contribution >= 4 is 11.9 Å². The first-order chi connectivity index (χ1) is 19.7. The summed E-state index contributed by atoms with van der Waals surface area (Å²) in [6.45, 7) is 6.11. The van der Waals surface area contributed by atoms with Gasteiger partial charge in [-0.15, -0.1) is 5.10 Å². The van der Waals surface area contributed by atoms with Gasteiger partial charge in [0.25, 0.3) is 0 Å². The Morgan fingerprint density at radius 2 is 1.43 bits per heavy atom. The molecular weight excluding hydrogens is 500 g/mol. The van der Waals surface area contributed by atoms with Gasteiger partial charge < -0.3 is 9.80 Å². The monoisotopic (exact) mass is 536 g/mol. The lowest BCUT2D eigenvalue weighted by atomic mass is 10.1. The van der Waals surface area contributed by atoms with Crippen molar-refractivity contribution in [3.63, 3.8) is 0 Å². The molecule has 1 amide bonds. The lowest BCUT2D eigenvalue weighted by molar-refractivity contribution is -0.132. The zero-order chi connectivity index (χ0) is 27.1. The molecule has 0 atom stereocenters. The molecule has 0 unspecified atom stereocenters. The molecule has 206 valence electrons. The minimum atomic E-state index is 0.0391. The second-order valence-electron chi connectivity index (χ2n) is 10.6. The van der Waals surface area contributed by atoms with Gasteiger partial charge in [0.15, 0.2) is 11.6 Å². The van der Waals surface area contributed by atoms with Crippen LogP contribution in [0.15, 0.2) is 73.1 Å². The number of rotatable bonds is 7. The van der Waals surface area contributed by atoms with E-state index in [1.54, 1.807) is 17.1 Å². The van der Waals surface area contributed by atoms with Crippen LogP contribution in [0.4, 0.5) is 5.95 Å². The minimum absolute atomic E-state index is 0.0391. The molecule has 6 rings (SSSR count). The van der Waals surface area contributed by atoms with E-state index in [0.29, 0.717) is 43.8 Å². The number of hydrogen-bond acceptors (Lipinski definition) is 7. The lowest BCUT2D eigenvalue weighted by Crippen LogP contribution is -2.50. The van der Waals surface area contributed by atoms with Crippen molar-refractivity contribution in [1.29, 1.82) is 0 Å². The lowest BCUT2D eigenvalue weighted by Gasteiger charge is -2.34. The van der Waals surface area contributed by atoms with Gasteiger partial charge in [0.2, 0.25) is 11.9 Å². The largest absolute Gasteiger partial charge is 0.338 e. The van der Waals surface area contributed by atoms with Crippen molar-refractivity contribution in [3.05, 3.63) is 78.6 Å². The van der Waals surface area contributed by atoms with Crippen LogP contribution in [0.25, 0.3) is 22.8 Å². The third-order valence-corrected chi connectivity index (χ3v) is 7.77. The number of piperazine rings is 1. The first-order valence-electron chi connectivity index (χ1n) is 14.3. The molecule has 0 radical (unpaired) electrons. The van der Waals surface area contributed by atoms with E-state index < -0.39 is 0 Å². The number of benzene rings is 2. The molecule has 9 heteroatoms. The number of likely N-dealkylation sites (tertiary alicyclic amines) is 1. The van der Waals surface area contributed by atoms with Crippen LogP contribution in [0.3, 0.4) is 0 Å². The summed E-state index contributed by atoms with van der Waals surface area (Å²) in [5.74, 6) is 2.09. The van der Waals surface area contributed by atoms with Crippen LogP contribution >= 0.6 is 0 Å². The molecule has 2 aliphatic heterocycles. The zero-order valence-corrected chi connectivity index (χ0v) is 22.9. The summed E-state index contributed by atoms with van der Waals surface area (Å²) in [5, 5.41) is 4.80. The van der Waals surface area contributed by atoms with Gasteiger partial charge in [-0.2, -0.15) is 0 Å². The molecular formula is C31H36N8O. The fourth-order valence-electron chi connectivity index (χ4n) is 5.53.